The van der Waals surface area contributed by atoms with Gasteiger partial charge in [-0.1, -0.05) is 27.2 Å². The van der Waals surface area contributed by atoms with Crippen LogP contribution in [0.2, 0.25) is 0 Å². The van der Waals surface area contributed by atoms with Crippen LogP contribution < -0.4 is 5.32 Å². The van der Waals surface area contributed by atoms with E-state index in [0.29, 0.717) is 5.92 Å². The van der Waals surface area contributed by atoms with Crippen molar-refractivity contribution in [2.24, 2.45) is 5.92 Å². The van der Waals surface area contributed by atoms with Gasteiger partial charge in [0.15, 0.2) is 0 Å². The van der Waals surface area contributed by atoms with Crippen molar-refractivity contribution in [3.05, 3.63) is 12.2 Å². The van der Waals surface area contributed by atoms with Crippen molar-refractivity contribution in [3.8, 4) is 0 Å². The van der Waals surface area contributed by atoms with Crippen molar-refractivity contribution in [3.63, 3.8) is 0 Å². The Kier molecular flexibility index (Phi) is 6.08. The van der Waals surface area contributed by atoms with Crippen LogP contribution in [0.25, 0.3) is 0 Å². The van der Waals surface area contributed by atoms with Crippen molar-refractivity contribution >= 4 is 0 Å². The van der Waals surface area contributed by atoms with Crippen LogP contribution >= 0.6 is 0 Å². The first kappa shape index (κ1) is 13.2. The SMILES string of the molecule is CCCn1ncnc1CC(CC)CNCC. The normalized spacial score (nSPS) is 12.9. The van der Waals surface area contributed by atoms with Crippen LogP contribution in [-0.4, -0.2) is 27.9 Å². The molecule has 1 unspecified atom stereocenters. The van der Waals surface area contributed by atoms with E-state index in [4.69, 9.17) is 0 Å². The lowest BCUT2D eigenvalue weighted by Crippen LogP contribution is -2.24. The second kappa shape index (κ2) is 7.39. The molecule has 0 bridgehead atoms. The van der Waals surface area contributed by atoms with Crippen molar-refractivity contribution in [2.75, 3.05) is 13.1 Å². The molecular weight excluding hydrogens is 200 g/mol. The van der Waals surface area contributed by atoms with Crippen LogP contribution in [0, 0.1) is 5.92 Å². The lowest BCUT2D eigenvalue weighted by atomic mass is 10.0. The van der Waals surface area contributed by atoms with Gasteiger partial charge in [0.2, 0.25) is 0 Å². The molecule has 0 aliphatic rings. The summed E-state index contributed by atoms with van der Waals surface area (Å²) in [5, 5.41) is 7.66. The molecule has 1 rings (SSSR count). The van der Waals surface area contributed by atoms with E-state index >= 15 is 0 Å². The molecule has 4 heteroatoms. The Bertz CT molecular complexity index is 282. The van der Waals surface area contributed by atoms with Crippen molar-refractivity contribution in [1.82, 2.24) is 20.1 Å². The van der Waals surface area contributed by atoms with Crippen molar-refractivity contribution < 1.29 is 0 Å². The maximum absolute atomic E-state index is 4.35. The largest absolute Gasteiger partial charge is 0.317 e. The maximum atomic E-state index is 4.35. The number of nitrogens with zero attached hydrogens (tertiary/aromatic N) is 3. The average Bonchev–Trinajstić information content (AvgIpc) is 2.72. The Morgan fingerprint density at radius 2 is 2.19 bits per heavy atom. The molecule has 1 heterocycles. The van der Waals surface area contributed by atoms with Crippen LogP contribution in [-0.2, 0) is 13.0 Å². The van der Waals surface area contributed by atoms with E-state index in [9.17, 15) is 0 Å². The number of aryl methyl sites for hydroxylation is 1. The summed E-state index contributed by atoms with van der Waals surface area (Å²) in [5.74, 6) is 1.80. The Hall–Kier alpha value is -0.900. The van der Waals surface area contributed by atoms with E-state index in [1.54, 1.807) is 6.33 Å². The third kappa shape index (κ3) is 3.93. The average molecular weight is 224 g/mol. The fourth-order valence-electron chi connectivity index (χ4n) is 1.81. The van der Waals surface area contributed by atoms with Gasteiger partial charge in [0.1, 0.15) is 12.2 Å². The van der Waals surface area contributed by atoms with Gasteiger partial charge in [-0.05, 0) is 25.4 Å². The summed E-state index contributed by atoms with van der Waals surface area (Å²) < 4.78 is 2.04. The van der Waals surface area contributed by atoms with Gasteiger partial charge in [0.05, 0.1) is 0 Å². The van der Waals surface area contributed by atoms with Gasteiger partial charge in [0, 0.05) is 13.0 Å². The van der Waals surface area contributed by atoms with Gasteiger partial charge in [-0.25, -0.2) is 4.98 Å². The number of rotatable bonds is 8. The second-order valence-corrected chi connectivity index (χ2v) is 4.19. The molecule has 0 saturated carbocycles. The minimum atomic E-state index is 0.666. The molecule has 4 nitrogen and oxygen atoms in total. The molecule has 0 radical (unpaired) electrons. The molecule has 0 aliphatic carbocycles. The quantitative estimate of drug-likeness (QED) is 0.733. The Morgan fingerprint density at radius 1 is 1.38 bits per heavy atom. The van der Waals surface area contributed by atoms with Gasteiger partial charge in [0.25, 0.3) is 0 Å². The molecule has 1 aromatic heterocycles. The van der Waals surface area contributed by atoms with E-state index in [-0.39, 0.29) is 0 Å². The Labute approximate surface area is 98.5 Å². The molecular formula is C12H24N4. The fraction of sp³-hybridized carbons (Fsp3) is 0.833. The standard InChI is InChI=1S/C12H24N4/c1-4-7-16-12(14-10-15-16)8-11(5-2)9-13-6-3/h10-11,13H,4-9H2,1-3H3. The fourth-order valence-corrected chi connectivity index (χ4v) is 1.81. The summed E-state index contributed by atoms with van der Waals surface area (Å²) >= 11 is 0. The molecule has 0 amide bonds. The van der Waals surface area contributed by atoms with Crippen molar-refractivity contribution in [2.45, 2.75) is 46.6 Å². The Balaban J connectivity index is 2.51. The minimum Gasteiger partial charge on any atom is -0.317 e. The molecule has 1 N–H and O–H groups in total. The number of aromatic nitrogens is 3. The molecule has 0 fully saturated rings. The highest BCUT2D eigenvalue weighted by Gasteiger charge is 2.11. The highest BCUT2D eigenvalue weighted by molar-refractivity contribution is 4.87. The van der Waals surface area contributed by atoms with E-state index in [0.717, 1.165) is 38.3 Å². The summed E-state index contributed by atoms with van der Waals surface area (Å²) in [6.45, 7) is 9.65. The smallest absolute Gasteiger partial charge is 0.138 e. The van der Waals surface area contributed by atoms with E-state index in [1.807, 2.05) is 4.68 Å². The summed E-state index contributed by atoms with van der Waals surface area (Å²) in [6, 6.07) is 0. The first-order chi connectivity index (χ1) is 7.81. The second-order valence-electron chi connectivity index (χ2n) is 4.19. The van der Waals surface area contributed by atoms with Crippen LogP contribution in [0.4, 0.5) is 0 Å². The van der Waals surface area contributed by atoms with Crippen LogP contribution in [0.15, 0.2) is 6.33 Å². The van der Waals surface area contributed by atoms with Gasteiger partial charge >= 0.3 is 0 Å². The molecule has 0 aliphatic heterocycles. The van der Waals surface area contributed by atoms with E-state index in [2.05, 4.69) is 36.2 Å². The lowest BCUT2D eigenvalue weighted by molar-refractivity contribution is 0.440. The van der Waals surface area contributed by atoms with Gasteiger partial charge in [-0.15, -0.1) is 0 Å². The third-order valence-electron chi connectivity index (χ3n) is 2.86. The zero-order chi connectivity index (χ0) is 11.8. The van der Waals surface area contributed by atoms with Gasteiger partial charge in [-0.3, -0.25) is 4.68 Å². The van der Waals surface area contributed by atoms with Gasteiger partial charge in [-0.2, -0.15) is 5.10 Å². The summed E-state index contributed by atoms with van der Waals surface area (Å²) in [7, 11) is 0. The molecule has 16 heavy (non-hydrogen) atoms. The number of nitrogens with one attached hydrogen (secondary N) is 1. The predicted molar refractivity (Wildman–Crippen MR) is 66.3 cm³/mol. The molecule has 0 spiro atoms. The van der Waals surface area contributed by atoms with E-state index in [1.165, 1.54) is 6.42 Å². The maximum Gasteiger partial charge on any atom is 0.138 e. The van der Waals surface area contributed by atoms with E-state index < -0.39 is 0 Å². The monoisotopic (exact) mass is 224 g/mol. The highest BCUT2D eigenvalue weighted by Crippen LogP contribution is 2.09. The van der Waals surface area contributed by atoms with Crippen LogP contribution in [0.5, 0.6) is 0 Å². The predicted octanol–water partition coefficient (Wildman–Crippen LogP) is 1.87. The zero-order valence-corrected chi connectivity index (χ0v) is 10.7. The summed E-state index contributed by atoms with van der Waals surface area (Å²) in [6.07, 6.45) is 5.00. The number of hydrogen-bond acceptors (Lipinski definition) is 3. The molecule has 92 valence electrons. The minimum absolute atomic E-state index is 0.666. The first-order valence-corrected chi connectivity index (χ1v) is 6.39. The van der Waals surface area contributed by atoms with Gasteiger partial charge < -0.3 is 5.32 Å². The Morgan fingerprint density at radius 3 is 2.81 bits per heavy atom. The molecule has 1 aromatic rings. The summed E-state index contributed by atoms with van der Waals surface area (Å²) in [4.78, 5) is 4.35. The van der Waals surface area contributed by atoms with Crippen LogP contribution in [0.3, 0.4) is 0 Å². The topological polar surface area (TPSA) is 42.7 Å². The molecule has 1 atom stereocenters. The summed E-state index contributed by atoms with van der Waals surface area (Å²) in [5.41, 5.74) is 0. The molecule has 0 aromatic carbocycles. The van der Waals surface area contributed by atoms with Crippen LogP contribution in [0.1, 0.15) is 39.4 Å². The number of hydrogen-bond donors (Lipinski definition) is 1. The zero-order valence-electron chi connectivity index (χ0n) is 10.7. The lowest BCUT2D eigenvalue weighted by Gasteiger charge is -2.15. The highest BCUT2D eigenvalue weighted by atomic mass is 15.3. The van der Waals surface area contributed by atoms with Crippen molar-refractivity contribution in [1.29, 1.82) is 0 Å². The molecule has 0 saturated heterocycles. The first-order valence-electron chi connectivity index (χ1n) is 6.39. The third-order valence-corrected chi connectivity index (χ3v) is 2.86.